The second kappa shape index (κ2) is 6.82. The van der Waals surface area contributed by atoms with Crippen molar-refractivity contribution in [1.82, 2.24) is 9.88 Å². The van der Waals surface area contributed by atoms with Gasteiger partial charge in [0.05, 0.1) is 17.4 Å². The first kappa shape index (κ1) is 15.5. The van der Waals surface area contributed by atoms with Crippen molar-refractivity contribution in [3.8, 4) is 0 Å². The van der Waals surface area contributed by atoms with E-state index in [9.17, 15) is 4.79 Å². The Labute approximate surface area is 137 Å². The molecule has 2 aromatic rings. The zero-order chi connectivity index (χ0) is 16.2. The van der Waals surface area contributed by atoms with Crippen molar-refractivity contribution in [2.24, 2.45) is 5.92 Å². The van der Waals surface area contributed by atoms with Gasteiger partial charge in [-0.3, -0.25) is 9.78 Å². The van der Waals surface area contributed by atoms with Crippen LogP contribution in [0.15, 0.2) is 42.7 Å². The highest BCUT2D eigenvalue weighted by Gasteiger charge is 2.21. The summed E-state index contributed by atoms with van der Waals surface area (Å²) >= 11 is 0. The first-order valence-corrected chi connectivity index (χ1v) is 8.20. The number of hydrogen-bond donors (Lipinski definition) is 1. The fraction of sp³-hybridized carbons (Fsp3) is 0.368. The highest BCUT2D eigenvalue weighted by Crippen LogP contribution is 2.21. The number of aryl methyl sites for hydroxylation is 1. The summed E-state index contributed by atoms with van der Waals surface area (Å²) < 4.78 is 0. The standard InChI is InChI=1S/C19H23N3O/c1-14-3-5-17(6-4-14)21-18-11-16(12-20-13-18)19(23)22-9-7-15(2)8-10-22/h3-6,11-13,15,21H,7-10H2,1-2H3. The molecule has 1 aromatic carbocycles. The van der Waals surface area contributed by atoms with Gasteiger partial charge in [0.1, 0.15) is 0 Å². The quantitative estimate of drug-likeness (QED) is 0.932. The Morgan fingerprint density at radius 2 is 1.83 bits per heavy atom. The molecule has 1 aliphatic heterocycles. The van der Waals surface area contributed by atoms with E-state index in [-0.39, 0.29) is 5.91 Å². The number of pyridine rings is 1. The van der Waals surface area contributed by atoms with Gasteiger partial charge in [-0.2, -0.15) is 0 Å². The molecule has 1 saturated heterocycles. The number of benzene rings is 1. The van der Waals surface area contributed by atoms with Crippen LogP contribution in [0.1, 0.15) is 35.7 Å². The van der Waals surface area contributed by atoms with E-state index in [1.807, 2.05) is 23.1 Å². The first-order valence-electron chi connectivity index (χ1n) is 8.20. The zero-order valence-electron chi connectivity index (χ0n) is 13.7. The molecule has 1 N–H and O–H groups in total. The number of carbonyl (C=O) groups is 1. The smallest absolute Gasteiger partial charge is 0.255 e. The molecule has 2 heterocycles. The molecule has 0 radical (unpaired) electrons. The SMILES string of the molecule is Cc1ccc(Nc2cncc(C(=O)N3CCC(C)CC3)c2)cc1. The fourth-order valence-electron chi connectivity index (χ4n) is 2.82. The molecule has 0 bridgehead atoms. The lowest BCUT2D eigenvalue weighted by Gasteiger charge is -2.30. The minimum absolute atomic E-state index is 0.0805. The maximum absolute atomic E-state index is 12.6. The molecule has 1 aliphatic rings. The summed E-state index contributed by atoms with van der Waals surface area (Å²) in [6.07, 6.45) is 5.57. The predicted octanol–water partition coefficient (Wildman–Crippen LogP) is 4.01. The summed E-state index contributed by atoms with van der Waals surface area (Å²) in [6.45, 7) is 5.99. The minimum atomic E-state index is 0.0805. The molecule has 4 heteroatoms. The van der Waals surface area contributed by atoms with Crippen LogP contribution in [0.4, 0.5) is 11.4 Å². The summed E-state index contributed by atoms with van der Waals surface area (Å²) in [5, 5.41) is 3.30. The number of aromatic nitrogens is 1. The molecule has 0 aliphatic carbocycles. The Kier molecular flexibility index (Phi) is 4.60. The van der Waals surface area contributed by atoms with Crippen molar-refractivity contribution in [3.05, 3.63) is 53.9 Å². The number of nitrogens with zero attached hydrogens (tertiary/aromatic N) is 2. The van der Waals surface area contributed by atoms with Gasteiger partial charge >= 0.3 is 0 Å². The zero-order valence-corrected chi connectivity index (χ0v) is 13.7. The van der Waals surface area contributed by atoms with Gasteiger partial charge in [-0.15, -0.1) is 0 Å². The van der Waals surface area contributed by atoms with Crippen LogP contribution in [0.5, 0.6) is 0 Å². The molecular formula is C19H23N3O. The lowest BCUT2D eigenvalue weighted by Crippen LogP contribution is -2.37. The predicted molar refractivity (Wildman–Crippen MR) is 93.0 cm³/mol. The topological polar surface area (TPSA) is 45.2 Å². The van der Waals surface area contributed by atoms with Crippen molar-refractivity contribution in [2.75, 3.05) is 18.4 Å². The second-order valence-corrected chi connectivity index (χ2v) is 6.43. The van der Waals surface area contributed by atoms with Crippen LogP contribution < -0.4 is 5.32 Å². The third-order valence-electron chi connectivity index (χ3n) is 4.40. The monoisotopic (exact) mass is 309 g/mol. The van der Waals surface area contributed by atoms with Crippen LogP contribution in [-0.2, 0) is 0 Å². The maximum atomic E-state index is 12.6. The Bertz CT molecular complexity index is 673. The molecule has 3 rings (SSSR count). The van der Waals surface area contributed by atoms with E-state index in [0.29, 0.717) is 11.5 Å². The lowest BCUT2D eigenvalue weighted by atomic mass is 9.99. The largest absolute Gasteiger partial charge is 0.354 e. The summed E-state index contributed by atoms with van der Waals surface area (Å²) in [4.78, 5) is 18.8. The average molecular weight is 309 g/mol. The summed E-state index contributed by atoms with van der Waals surface area (Å²) in [7, 11) is 0. The van der Waals surface area contributed by atoms with E-state index in [2.05, 4.69) is 36.3 Å². The van der Waals surface area contributed by atoms with Crippen LogP contribution in [0.3, 0.4) is 0 Å². The fourth-order valence-corrected chi connectivity index (χ4v) is 2.82. The van der Waals surface area contributed by atoms with Crippen molar-refractivity contribution >= 4 is 17.3 Å². The Balaban J connectivity index is 1.71. The van der Waals surface area contributed by atoms with Gasteiger partial charge in [0.2, 0.25) is 0 Å². The van der Waals surface area contributed by atoms with E-state index in [1.165, 1.54) is 5.56 Å². The van der Waals surface area contributed by atoms with Crippen molar-refractivity contribution in [3.63, 3.8) is 0 Å². The van der Waals surface area contributed by atoms with E-state index < -0.39 is 0 Å². The number of amides is 1. The highest BCUT2D eigenvalue weighted by molar-refractivity contribution is 5.95. The number of anilines is 2. The van der Waals surface area contributed by atoms with Crippen LogP contribution >= 0.6 is 0 Å². The normalized spacial score (nSPS) is 15.5. The number of carbonyl (C=O) groups excluding carboxylic acids is 1. The number of rotatable bonds is 3. The molecule has 0 spiro atoms. The summed E-state index contributed by atoms with van der Waals surface area (Å²) in [5.74, 6) is 0.795. The third kappa shape index (κ3) is 3.89. The van der Waals surface area contributed by atoms with Crippen molar-refractivity contribution in [2.45, 2.75) is 26.7 Å². The number of hydrogen-bond acceptors (Lipinski definition) is 3. The molecular weight excluding hydrogens is 286 g/mol. The Morgan fingerprint density at radius 3 is 2.52 bits per heavy atom. The molecule has 23 heavy (non-hydrogen) atoms. The molecule has 1 fully saturated rings. The van der Waals surface area contributed by atoms with Crippen molar-refractivity contribution < 1.29 is 4.79 Å². The van der Waals surface area contributed by atoms with Gasteiger partial charge < -0.3 is 10.2 Å². The van der Waals surface area contributed by atoms with Gasteiger partial charge in [0.25, 0.3) is 5.91 Å². The van der Waals surface area contributed by atoms with Crippen molar-refractivity contribution in [1.29, 1.82) is 0 Å². The third-order valence-corrected chi connectivity index (χ3v) is 4.40. The summed E-state index contributed by atoms with van der Waals surface area (Å²) in [6, 6.07) is 10.0. The van der Waals surface area contributed by atoms with Gasteiger partial charge in [0.15, 0.2) is 0 Å². The Hall–Kier alpha value is -2.36. The number of nitrogens with one attached hydrogen (secondary N) is 1. The molecule has 0 saturated carbocycles. The van der Waals surface area contributed by atoms with Gasteiger partial charge in [-0.05, 0) is 43.9 Å². The van der Waals surface area contributed by atoms with Crippen LogP contribution in [0.2, 0.25) is 0 Å². The molecule has 120 valence electrons. The van der Waals surface area contributed by atoms with Gasteiger partial charge in [-0.25, -0.2) is 0 Å². The van der Waals surface area contributed by atoms with E-state index in [4.69, 9.17) is 0 Å². The number of piperidine rings is 1. The minimum Gasteiger partial charge on any atom is -0.354 e. The Morgan fingerprint density at radius 1 is 1.13 bits per heavy atom. The molecule has 0 unspecified atom stereocenters. The maximum Gasteiger partial charge on any atom is 0.255 e. The molecule has 1 aromatic heterocycles. The van der Waals surface area contributed by atoms with Crippen LogP contribution in [-0.4, -0.2) is 28.9 Å². The molecule has 4 nitrogen and oxygen atoms in total. The molecule has 1 amide bonds. The number of likely N-dealkylation sites (tertiary alicyclic amines) is 1. The van der Waals surface area contributed by atoms with Crippen LogP contribution in [0, 0.1) is 12.8 Å². The van der Waals surface area contributed by atoms with Gasteiger partial charge in [0, 0.05) is 25.0 Å². The van der Waals surface area contributed by atoms with Gasteiger partial charge in [-0.1, -0.05) is 24.6 Å². The second-order valence-electron chi connectivity index (χ2n) is 6.43. The lowest BCUT2D eigenvalue weighted by molar-refractivity contribution is 0.0697. The highest BCUT2D eigenvalue weighted by atomic mass is 16.2. The van der Waals surface area contributed by atoms with E-state index in [1.54, 1.807) is 12.4 Å². The van der Waals surface area contributed by atoms with Crippen LogP contribution in [0.25, 0.3) is 0 Å². The van der Waals surface area contributed by atoms with E-state index >= 15 is 0 Å². The first-order chi connectivity index (χ1) is 11.1. The molecule has 0 atom stereocenters. The average Bonchev–Trinajstić information content (AvgIpc) is 2.57. The van der Waals surface area contributed by atoms with E-state index in [0.717, 1.165) is 37.3 Å². The summed E-state index contributed by atoms with van der Waals surface area (Å²) in [5.41, 5.74) is 3.70.